The SMILES string of the molecule is CC(NCc1c(F)cccc1F)c1ccc(Cl)s1. The van der Waals surface area contributed by atoms with Crippen LogP contribution in [0.4, 0.5) is 8.78 Å². The van der Waals surface area contributed by atoms with Crippen LogP contribution >= 0.6 is 22.9 Å². The molecule has 0 radical (unpaired) electrons. The minimum absolute atomic E-state index is 0.00139. The number of halogens is 3. The van der Waals surface area contributed by atoms with E-state index in [2.05, 4.69) is 5.32 Å². The first-order valence-electron chi connectivity index (χ1n) is 5.49. The van der Waals surface area contributed by atoms with Gasteiger partial charge in [-0.25, -0.2) is 8.78 Å². The number of hydrogen-bond acceptors (Lipinski definition) is 2. The van der Waals surface area contributed by atoms with Gasteiger partial charge in [-0.1, -0.05) is 17.7 Å². The van der Waals surface area contributed by atoms with Gasteiger partial charge in [0.2, 0.25) is 0 Å². The summed E-state index contributed by atoms with van der Waals surface area (Å²) in [6.45, 7) is 2.08. The van der Waals surface area contributed by atoms with Crippen LogP contribution in [0, 0.1) is 11.6 Å². The molecule has 96 valence electrons. The van der Waals surface area contributed by atoms with Crippen molar-refractivity contribution in [2.45, 2.75) is 19.5 Å². The van der Waals surface area contributed by atoms with E-state index in [4.69, 9.17) is 11.6 Å². The molecule has 1 atom stereocenters. The Morgan fingerprint density at radius 2 is 1.89 bits per heavy atom. The molecule has 0 aliphatic carbocycles. The average Bonchev–Trinajstić information content (AvgIpc) is 2.75. The lowest BCUT2D eigenvalue weighted by atomic mass is 10.2. The molecule has 1 aromatic carbocycles. The Labute approximate surface area is 113 Å². The maximum Gasteiger partial charge on any atom is 0.130 e. The molecule has 0 amide bonds. The zero-order valence-electron chi connectivity index (χ0n) is 9.71. The topological polar surface area (TPSA) is 12.0 Å². The molecule has 1 unspecified atom stereocenters. The highest BCUT2D eigenvalue weighted by atomic mass is 35.5. The molecule has 2 aromatic rings. The maximum absolute atomic E-state index is 13.4. The van der Waals surface area contributed by atoms with E-state index in [1.54, 1.807) is 0 Å². The van der Waals surface area contributed by atoms with Gasteiger partial charge in [-0.3, -0.25) is 0 Å². The molecule has 2 rings (SSSR count). The van der Waals surface area contributed by atoms with Gasteiger partial charge in [-0.2, -0.15) is 0 Å². The second-order valence-electron chi connectivity index (χ2n) is 3.94. The molecule has 1 aromatic heterocycles. The third-order valence-corrected chi connectivity index (χ3v) is 4.08. The molecule has 1 nitrogen and oxygen atoms in total. The van der Waals surface area contributed by atoms with Crippen molar-refractivity contribution in [3.8, 4) is 0 Å². The van der Waals surface area contributed by atoms with Gasteiger partial charge in [0.1, 0.15) is 11.6 Å². The third-order valence-electron chi connectivity index (χ3n) is 2.67. The number of thiophene rings is 1. The summed E-state index contributed by atoms with van der Waals surface area (Å²) >= 11 is 7.30. The summed E-state index contributed by atoms with van der Waals surface area (Å²) in [6.07, 6.45) is 0. The lowest BCUT2D eigenvalue weighted by molar-refractivity contribution is 0.512. The van der Waals surface area contributed by atoms with E-state index >= 15 is 0 Å². The van der Waals surface area contributed by atoms with Crippen molar-refractivity contribution < 1.29 is 8.78 Å². The van der Waals surface area contributed by atoms with Crippen molar-refractivity contribution in [3.05, 3.63) is 56.7 Å². The summed E-state index contributed by atoms with van der Waals surface area (Å²) < 4.78 is 27.5. The largest absolute Gasteiger partial charge is 0.305 e. The lowest BCUT2D eigenvalue weighted by Crippen LogP contribution is -2.18. The van der Waals surface area contributed by atoms with E-state index in [0.29, 0.717) is 4.34 Å². The standard InChI is InChI=1S/C13H12ClF2NS/c1-8(12-5-6-13(14)18-12)17-7-9-10(15)3-2-4-11(9)16/h2-6,8,17H,7H2,1H3. The van der Waals surface area contributed by atoms with Gasteiger partial charge >= 0.3 is 0 Å². The van der Waals surface area contributed by atoms with Crippen molar-refractivity contribution >= 4 is 22.9 Å². The van der Waals surface area contributed by atoms with Gasteiger partial charge in [0, 0.05) is 23.0 Å². The van der Waals surface area contributed by atoms with E-state index < -0.39 is 11.6 Å². The van der Waals surface area contributed by atoms with Gasteiger partial charge in [-0.05, 0) is 31.2 Å². The smallest absolute Gasteiger partial charge is 0.130 e. The first-order valence-corrected chi connectivity index (χ1v) is 6.69. The molecule has 0 bridgehead atoms. The second kappa shape index (κ2) is 5.78. The fraction of sp³-hybridized carbons (Fsp3) is 0.231. The predicted octanol–water partition coefficient (Wildman–Crippen LogP) is 4.53. The Morgan fingerprint density at radius 3 is 2.44 bits per heavy atom. The molecule has 1 N–H and O–H groups in total. The highest BCUT2D eigenvalue weighted by Gasteiger charge is 2.12. The monoisotopic (exact) mass is 287 g/mol. The van der Waals surface area contributed by atoms with Gasteiger partial charge < -0.3 is 5.32 Å². The van der Waals surface area contributed by atoms with Crippen molar-refractivity contribution in [1.29, 1.82) is 0 Å². The van der Waals surface area contributed by atoms with Crippen LogP contribution in [0.2, 0.25) is 4.34 Å². The van der Waals surface area contributed by atoms with E-state index in [0.717, 1.165) is 4.88 Å². The van der Waals surface area contributed by atoms with Crippen LogP contribution in [-0.4, -0.2) is 0 Å². The fourth-order valence-electron chi connectivity index (χ4n) is 1.62. The van der Waals surface area contributed by atoms with Crippen molar-refractivity contribution in [1.82, 2.24) is 5.32 Å². The molecular weight excluding hydrogens is 276 g/mol. The fourth-order valence-corrected chi connectivity index (χ4v) is 2.71. The normalized spacial score (nSPS) is 12.7. The van der Waals surface area contributed by atoms with Crippen LogP contribution in [0.25, 0.3) is 0 Å². The van der Waals surface area contributed by atoms with Crippen molar-refractivity contribution in [3.63, 3.8) is 0 Å². The van der Waals surface area contributed by atoms with Crippen LogP contribution in [0.15, 0.2) is 30.3 Å². The molecule has 0 aliphatic heterocycles. The maximum atomic E-state index is 13.4. The molecule has 0 spiro atoms. The highest BCUT2D eigenvalue weighted by Crippen LogP contribution is 2.27. The van der Waals surface area contributed by atoms with Crippen molar-refractivity contribution in [2.75, 3.05) is 0 Å². The number of benzene rings is 1. The summed E-state index contributed by atoms with van der Waals surface area (Å²) in [5, 5.41) is 3.08. The zero-order valence-corrected chi connectivity index (χ0v) is 11.3. The molecule has 1 heterocycles. The number of nitrogens with one attached hydrogen (secondary N) is 1. The van der Waals surface area contributed by atoms with Crippen LogP contribution in [0.3, 0.4) is 0 Å². The zero-order chi connectivity index (χ0) is 13.1. The van der Waals surface area contributed by atoms with Crippen molar-refractivity contribution in [2.24, 2.45) is 0 Å². The Kier molecular flexibility index (Phi) is 4.32. The van der Waals surface area contributed by atoms with E-state index in [9.17, 15) is 8.78 Å². The van der Waals surface area contributed by atoms with Gasteiger partial charge in [0.05, 0.1) is 4.34 Å². The minimum atomic E-state index is -0.529. The first-order chi connectivity index (χ1) is 8.58. The first kappa shape index (κ1) is 13.5. The molecular formula is C13H12ClF2NS. The van der Waals surface area contributed by atoms with E-state index in [1.165, 1.54) is 29.5 Å². The van der Waals surface area contributed by atoms with E-state index in [-0.39, 0.29) is 18.2 Å². The quantitative estimate of drug-likeness (QED) is 0.871. The van der Waals surface area contributed by atoms with Crippen LogP contribution in [0.5, 0.6) is 0 Å². The highest BCUT2D eigenvalue weighted by molar-refractivity contribution is 7.16. The molecule has 5 heteroatoms. The summed E-state index contributed by atoms with van der Waals surface area (Å²) in [5.74, 6) is -1.06. The molecule has 18 heavy (non-hydrogen) atoms. The lowest BCUT2D eigenvalue weighted by Gasteiger charge is -2.13. The van der Waals surface area contributed by atoms with Gasteiger partial charge in [-0.15, -0.1) is 11.3 Å². The summed E-state index contributed by atoms with van der Waals surface area (Å²) in [6, 6.07) is 7.59. The minimum Gasteiger partial charge on any atom is -0.305 e. The Morgan fingerprint density at radius 1 is 1.22 bits per heavy atom. The second-order valence-corrected chi connectivity index (χ2v) is 5.69. The predicted molar refractivity (Wildman–Crippen MR) is 70.9 cm³/mol. The third kappa shape index (κ3) is 3.07. The summed E-state index contributed by atoms with van der Waals surface area (Å²) in [7, 11) is 0. The molecule has 0 saturated carbocycles. The van der Waals surface area contributed by atoms with Crippen LogP contribution in [0.1, 0.15) is 23.4 Å². The molecule has 0 saturated heterocycles. The van der Waals surface area contributed by atoms with E-state index in [1.807, 2.05) is 19.1 Å². The number of rotatable bonds is 4. The van der Waals surface area contributed by atoms with Crippen LogP contribution in [-0.2, 0) is 6.54 Å². The Bertz CT molecular complexity index is 521. The molecule has 0 aliphatic rings. The summed E-state index contributed by atoms with van der Waals surface area (Å²) in [5.41, 5.74) is 0.0620. The van der Waals surface area contributed by atoms with Gasteiger partial charge in [0.15, 0.2) is 0 Å². The van der Waals surface area contributed by atoms with Gasteiger partial charge in [0.25, 0.3) is 0 Å². The Balaban J connectivity index is 2.03. The Hall–Kier alpha value is -0.970. The average molecular weight is 288 g/mol. The van der Waals surface area contributed by atoms with Crippen LogP contribution < -0.4 is 5.32 Å². The molecule has 0 fully saturated rings. The number of hydrogen-bond donors (Lipinski definition) is 1. The summed E-state index contributed by atoms with van der Waals surface area (Å²) in [4.78, 5) is 1.04.